The van der Waals surface area contributed by atoms with Crippen LogP contribution in [0.2, 0.25) is 0 Å². The van der Waals surface area contributed by atoms with Crippen LogP contribution in [0.15, 0.2) is 90.7 Å². The number of fused-ring (bicyclic) bond motifs is 1. The van der Waals surface area contributed by atoms with E-state index in [1.54, 1.807) is 0 Å². The van der Waals surface area contributed by atoms with E-state index < -0.39 is 4.75 Å². The number of nitrogens with one attached hydrogen (secondary N) is 1. The standard InChI is InChI=1S/C30H39NOS.C6H7N/c1-7-9-12-18-31-25(13-8-2)17-16-24(6)30(28-20-22(4)21(3)19-23(28)5)27-15-11-10-14-26(27)29(32)33-30;7-6-4-2-1-3-5-6/h10-11,13-17,19-20,24,31H,7-9,12,18H2,1-6H3;1-5H,7H2/b17-16-,25-13+;. The number of nitrogens with two attached hydrogens (primary N) is 1. The van der Waals surface area contributed by atoms with Crippen molar-refractivity contribution in [1.29, 1.82) is 0 Å². The van der Waals surface area contributed by atoms with Crippen LogP contribution in [0.5, 0.6) is 0 Å². The van der Waals surface area contributed by atoms with E-state index in [0.29, 0.717) is 0 Å². The Hall–Kier alpha value is -3.24. The lowest BCUT2D eigenvalue weighted by molar-refractivity contribution is 0.109. The number of allylic oxidation sites excluding steroid dienone is 3. The molecule has 4 heteroatoms. The van der Waals surface area contributed by atoms with Crippen molar-refractivity contribution in [2.75, 3.05) is 12.3 Å². The number of benzene rings is 3. The van der Waals surface area contributed by atoms with Crippen LogP contribution in [0.25, 0.3) is 0 Å². The van der Waals surface area contributed by atoms with Crippen LogP contribution >= 0.6 is 11.8 Å². The molecule has 212 valence electrons. The molecule has 0 bridgehead atoms. The van der Waals surface area contributed by atoms with Gasteiger partial charge in [0.2, 0.25) is 5.12 Å². The molecule has 2 unspecified atom stereocenters. The minimum Gasteiger partial charge on any atom is -0.399 e. The number of carbonyl (C=O) groups is 1. The van der Waals surface area contributed by atoms with E-state index in [9.17, 15) is 4.79 Å². The molecule has 0 aliphatic carbocycles. The Balaban J connectivity index is 0.000000547. The SMILES string of the molecule is CC/C=C(\C=C/C(C)C1(c2cc(C)c(C)cc2C)SC(=O)c2ccccc21)NCCCCC.Nc1ccccc1. The van der Waals surface area contributed by atoms with E-state index in [1.165, 1.54) is 59.0 Å². The number of rotatable bonds is 10. The van der Waals surface area contributed by atoms with Gasteiger partial charge in [0.1, 0.15) is 0 Å². The molecule has 0 radical (unpaired) electrons. The number of thioether (sulfide) groups is 1. The van der Waals surface area contributed by atoms with Crippen molar-refractivity contribution in [1.82, 2.24) is 5.32 Å². The molecule has 0 fully saturated rings. The van der Waals surface area contributed by atoms with E-state index in [-0.39, 0.29) is 11.0 Å². The molecule has 1 heterocycles. The molecule has 0 spiro atoms. The van der Waals surface area contributed by atoms with Crippen molar-refractivity contribution in [3.8, 4) is 0 Å². The number of aryl methyl sites for hydroxylation is 3. The van der Waals surface area contributed by atoms with Crippen molar-refractivity contribution in [2.45, 2.75) is 72.0 Å². The average molecular weight is 555 g/mol. The molecule has 3 N–H and O–H groups in total. The first-order valence-corrected chi connectivity index (χ1v) is 15.4. The van der Waals surface area contributed by atoms with Crippen molar-refractivity contribution in [2.24, 2.45) is 5.92 Å². The van der Waals surface area contributed by atoms with Crippen LogP contribution in [0, 0.1) is 26.7 Å². The molecule has 4 rings (SSSR count). The van der Waals surface area contributed by atoms with Crippen LogP contribution in [0.4, 0.5) is 5.69 Å². The van der Waals surface area contributed by atoms with E-state index in [4.69, 9.17) is 5.73 Å². The second-order valence-electron chi connectivity index (χ2n) is 10.7. The summed E-state index contributed by atoms with van der Waals surface area (Å²) >= 11 is 1.49. The predicted molar refractivity (Wildman–Crippen MR) is 175 cm³/mol. The van der Waals surface area contributed by atoms with Crippen molar-refractivity contribution in [3.63, 3.8) is 0 Å². The van der Waals surface area contributed by atoms with Gasteiger partial charge in [0.05, 0.1) is 4.75 Å². The number of hydrogen-bond donors (Lipinski definition) is 2. The first-order chi connectivity index (χ1) is 19.2. The van der Waals surface area contributed by atoms with Crippen LogP contribution < -0.4 is 11.1 Å². The quantitative estimate of drug-likeness (QED) is 0.149. The van der Waals surface area contributed by atoms with Crippen LogP contribution in [-0.2, 0) is 4.75 Å². The molecule has 40 heavy (non-hydrogen) atoms. The average Bonchev–Trinajstić information content (AvgIpc) is 3.25. The summed E-state index contributed by atoms with van der Waals surface area (Å²) in [5.41, 5.74) is 14.4. The van der Waals surface area contributed by atoms with Gasteiger partial charge < -0.3 is 11.1 Å². The lowest BCUT2D eigenvalue weighted by Crippen LogP contribution is -2.30. The maximum absolute atomic E-state index is 13.2. The summed E-state index contributed by atoms with van der Waals surface area (Å²) in [7, 11) is 0. The zero-order valence-corrected chi connectivity index (χ0v) is 25.9. The Morgan fingerprint density at radius 3 is 2.25 bits per heavy atom. The summed E-state index contributed by atoms with van der Waals surface area (Å²) in [4.78, 5) is 13.2. The summed E-state index contributed by atoms with van der Waals surface area (Å²) in [5.74, 6) is 0.133. The maximum Gasteiger partial charge on any atom is 0.220 e. The second kappa shape index (κ2) is 14.9. The number of carbonyl (C=O) groups excluding carboxylic acids is 1. The fraction of sp³-hybridized carbons (Fsp3) is 0.361. The number of anilines is 1. The van der Waals surface area contributed by atoms with Crippen LogP contribution in [-0.4, -0.2) is 11.7 Å². The fourth-order valence-electron chi connectivity index (χ4n) is 5.25. The first kappa shape index (κ1) is 31.3. The van der Waals surface area contributed by atoms with Gasteiger partial charge in [-0.2, -0.15) is 0 Å². The summed E-state index contributed by atoms with van der Waals surface area (Å²) in [6, 6.07) is 22.2. The van der Waals surface area contributed by atoms with Crippen molar-refractivity contribution < 1.29 is 4.79 Å². The Morgan fingerprint density at radius 1 is 0.925 bits per heavy atom. The Morgan fingerprint density at radius 2 is 1.60 bits per heavy atom. The predicted octanol–water partition coefficient (Wildman–Crippen LogP) is 9.28. The molecule has 0 saturated heterocycles. The molecular formula is C36H46N2OS. The van der Waals surface area contributed by atoms with Crippen molar-refractivity contribution in [3.05, 3.63) is 124 Å². The number of hydrogen-bond acceptors (Lipinski definition) is 4. The van der Waals surface area contributed by atoms with E-state index in [2.05, 4.69) is 89.4 Å². The fourth-order valence-corrected chi connectivity index (χ4v) is 6.71. The Kier molecular flexibility index (Phi) is 11.7. The van der Waals surface area contributed by atoms with Gasteiger partial charge in [0, 0.05) is 23.5 Å². The molecule has 2 atom stereocenters. The Bertz CT molecular complexity index is 1330. The van der Waals surface area contributed by atoms with Crippen molar-refractivity contribution >= 4 is 22.6 Å². The highest BCUT2D eigenvalue weighted by Gasteiger charge is 2.49. The molecule has 0 amide bonds. The van der Waals surface area contributed by atoms with Gasteiger partial charge in [0.25, 0.3) is 0 Å². The van der Waals surface area contributed by atoms with Crippen LogP contribution in [0.1, 0.15) is 84.6 Å². The smallest absolute Gasteiger partial charge is 0.220 e. The van der Waals surface area contributed by atoms with Gasteiger partial charge in [-0.25, -0.2) is 0 Å². The third kappa shape index (κ3) is 7.48. The lowest BCUT2D eigenvalue weighted by atomic mass is 9.76. The second-order valence-corrected chi connectivity index (χ2v) is 11.9. The highest BCUT2D eigenvalue weighted by molar-refractivity contribution is 8.15. The minimum absolute atomic E-state index is 0.133. The largest absolute Gasteiger partial charge is 0.399 e. The lowest BCUT2D eigenvalue weighted by Gasteiger charge is -2.36. The van der Waals surface area contributed by atoms with E-state index in [1.807, 2.05) is 42.5 Å². The van der Waals surface area contributed by atoms with Gasteiger partial charge in [-0.1, -0.05) is 112 Å². The molecule has 0 saturated carbocycles. The molecule has 3 aromatic rings. The minimum atomic E-state index is -0.424. The van der Waals surface area contributed by atoms with E-state index in [0.717, 1.165) is 29.8 Å². The van der Waals surface area contributed by atoms with Crippen LogP contribution in [0.3, 0.4) is 0 Å². The third-order valence-corrected chi connectivity index (χ3v) is 9.12. The van der Waals surface area contributed by atoms with Gasteiger partial charge >= 0.3 is 0 Å². The third-order valence-electron chi connectivity index (χ3n) is 7.58. The molecule has 3 nitrogen and oxygen atoms in total. The molecule has 3 aromatic carbocycles. The van der Waals surface area contributed by atoms with E-state index >= 15 is 0 Å². The van der Waals surface area contributed by atoms with Gasteiger partial charge in [-0.05, 0) is 85.6 Å². The number of nitrogen functional groups attached to an aromatic ring is 1. The maximum atomic E-state index is 13.2. The summed E-state index contributed by atoms with van der Waals surface area (Å²) in [6.45, 7) is 14.2. The Labute approximate surface area is 246 Å². The first-order valence-electron chi connectivity index (χ1n) is 14.6. The number of para-hydroxylation sites is 1. The zero-order valence-electron chi connectivity index (χ0n) is 25.1. The molecule has 1 aliphatic rings. The van der Waals surface area contributed by atoms with Gasteiger partial charge in [-0.15, -0.1) is 0 Å². The van der Waals surface area contributed by atoms with Gasteiger partial charge in [0.15, 0.2) is 0 Å². The number of unbranched alkanes of at least 4 members (excludes halogenated alkanes) is 2. The van der Waals surface area contributed by atoms with Gasteiger partial charge in [-0.3, -0.25) is 4.79 Å². The normalized spacial score (nSPS) is 17.4. The molecule has 1 aliphatic heterocycles. The summed E-state index contributed by atoms with van der Waals surface area (Å²) < 4.78 is -0.424. The summed E-state index contributed by atoms with van der Waals surface area (Å²) in [6.07, 6.45) is 11.4. The molecule has 0 aromatic heterocycles. The monoisotopic (exact) mass is 554 g/mol. The topological polar surface area (TPSA) is 55.1 Å². The zero-order chi connectivity index (χ0) is 29.1. The highest BCUT2D eigenvalue weighted by atomic mass is 32.2. The highest BCUT2D eigenvalue weighted by Crippen LogP contribution is 2.57. The molecular weight excluding hydrogens is 508 g/mol. The summed E-state index contributed by atoms with van der Waals surface area (Å²) in [5, 5.41) is 3.78.